The predicted octanol–water partition coefficient (Wildman–Crippen LogP) is 5.45. The minimum absolute atomic E-state index is 0.503. The van der Waals surface area contributed by atoms with Crippen LogP contribution >= 0.6 is 32.9 Å². The summed E-state index contributed by atoms with van der Waals surface area (Å²) in [5.41, 5.74) is 4.82. The molecule has 8 heteroatoms. The van der Waals surface area contributed by atoms with E-state index >= 15 is 0 Å². The Kier molecular flexibility index (Phi) is 10.8. The average molecular weight is 549 g/mol. The Balaban J connectivity index is 1.56. The van der Waals surface area contributed by atoms with Gasteiger partial charge in [-0.15, -0.1) is 0 Å². The maximum absolute atomic E-state index is 11.4. The van der Waals surface area contributed by atoms with Gasteiger partial charge in [0.2, 0.25) is 0 Å². The summed E-state index contributed by atoms with van der Waals surface area (Å²) in [5, 5.41) is 11.4. The molecule has 1 N–H and O–H groups in total. The van der Waals surface area contributed by atoms with Gasteiger partial charge in [0.25, 0.3) is 0 Å². The molecule has 0 amide bonds. The Morgan fingerprint density at radius 3 is 1.89 bits per heavy atom. The highest BCUT2D eigenvalue weighted by atomic mass is 32.9. The van der Waals surface area contributed by atoms with Crippen LogP contribution in [0.25, 0.3) is 0 Å². The number of unbranched alkanes of at least 4 members (excludes halogenated alkanes) is 3. The summed E-state index contributed by atoms with van der Waals surface area (Å²) in [7, 11) is 8.03. The van der Waals surface area contributed by atoms with Gasteiger partial charge in [0.15, 0.2) is 0 Å². The number of aryl methyl sites for hydroxylation is 1. The molecule has 3 heterocycles. The number of aromatic hydroxyl groups is 1. The van der Waals surface area contributed by atoms with E-state index in [1.165, 1.54) is 41.7 Å². The molecule has 36 heavy (non-hydrogen) atoms. The van der Waals surface area contributed by atoms with Crippen LogP contribution < -0.4 is 0 Å². The highest BCUT2D eigenvalue weighted by Gasteiger charge is 2.21. The van der Waals surface area contributed by atoms with Crippen molar-refractivity contribution in [3.05, 3.63) is 43.1 Å². The van der Waals surface area contributed by atoms with Gasteiger partial charge in [-0.3, -0.25) is 9.80 Å². The van der Waals surface area contributed by atoms with Crippen LogP contribution in [-0.2, 0) is 25.9 Å². The largest absolute Gasteiger partial charge is 0.507 e. The van der Waals surface area contributed by atoms with E-state index in [0.717, 1.165) is 93.2 Å². The molecule has 0 unspecified atom stereocenters. The molecule has 0 radical (unpaired) electrons. The van der Waals surface area contributed by atoms with Gasteiger partial charge in [0.1, 0.15) is 9.57 Å². The number of likely N-dealkylation sites (N-methyl/N-ethyl adjacent to an activating group) is 2. The normalized spacial score (nSPS) is 18.8. The van der Waals surface area contributed by atoms with Gasteiger partial charge >= 0.3 is 0 Å². The first-order valence-electron chi connectivity index (χ1n) is 13.7. The Bertz CT molecular complexity index is 975. The Labute approximate surface area is 230 Å². The van der Waals surface area contributed by atoms with E-state index in [0.29, 0.717) is 5.75 Å². The van der Waals surface area contributed by atoms with Crippen molar-refractivity contribution in [3.8, 4) is 5.75 Å². The van der Waals surface area contributed by atoms with Crippen LogP contribution in [0.3, 0.4) is 0 Å². The first-order chi connectivity index (χ1) is 17.4. The smallest absolute Gasteiger partial charge is 0.124 e. The molecule has 200 valence electrons. The number of hydrogen-bond donors (Lipinski definition) is 1. The van der Waals surface area contributed by atoms with Crippen molar-refractivity contribution in [2.45, 2.75) is 58.5 Å². The lowest BCUT2D eigenvalue weighted by molar-refractivity contribution is 0.144. The number of phenols is 1. The molecule has 1 aromatic carbocycles. The summed E-state index contributed by atoms with van der Waals surface area (Å²) < 4.78 is 1.06. The third-order valence-corrected chi connectivity index (χ3v) is 11.0. The molecule has 4 rings (SSSR count). The number of hydrogen-bond acceptors (Lipinski definition) is 8. The minimum Gasteiger partial charge on any atom is -0.507 e. The fourth-order valence-electron chi connectivity index (χ4n) is 5.25. The number of piperazine rings is 2. The molecule has 2 aliphatic rings. The van der Waals surface area contributed by atoms with E-state index in [-0.39, 0.29) is 0 Å². The molecular weight excluding hydrogens is 505 g/mol. The van der Waals surface area contributed by atoms with E-state index in [4.69, 9.17) is 12.2 Å². The van der Waals surface area contributed by atoms with E-state index in [1.807, 2.05) is 10.3 Å². The predicted molar refractivity (Wildman–Crippen MR) is 157 cm³/mol. The number of phenolic OH excluding ortho intramolecular Hbond substituents is 1. The van der Waals surface area contributed by atoms with E-state index in [9.17, 15) is 5.11 Å². The first kappa shape index (κ1) is 28.1. The van der Waals surface area contributed by atoms with Crippen LogP contribution in [0.4, 0.5) is 0 Å². The van der Waals surface area contributed by atoms with Crippen LogP contribution in [0.2, 0.25) is 0 Å². The van der Waals surface area contributed by atoms with Crippen molar-refractivity contribution in [1.29, 1.82) is 0 Å². The number of rotatable bonds is 11. The Hall–Kier alpha value is -0.870. The van der Waals surface area contributed by atoms with Crippen LogP contribution in [0.5, 0.6) is 5.75 Å². The fourth-order valence-corrected chi connectivity index (χ4v) is 8.24. The third kappa shape index (κ3) is 7.82. The highest BCUT2D eigenvalue weighted by molar-refractivity contribution is 7.79. The number of benzene rings is 1. The van der Waals surface area contributed by atoms with Crippen molar-refractivity contribution >= 4 is 32.9 Å². The molecule has 0 atom stereocenters. The lowest BCUT2D eigenvalue weighted by atomic mass is 9.97. The van der Waals surface area contributed by atoms with Crippen molar-refractivity contribution in [2.75, 3.05) is 66.5 Å². The highest BCUT2D eigenvalue weighted by Crippen LogP contribution is 2.33. The van der Waals surface area contributed by atoms with Gasteiger partial charge in [0.05, 0.1) is 0 Å². The Morgan fingerprint density at radius 1 is 0.806 bits per heavy atom. The minimum atomic E-state index is 0.503. The zero-order chi connectivity index (χ0) is 25.5. The zero-order valence-electron chi connectivity index (χ0n) is 22.4. The lowest BCUT2D eigenvalue weighted by Crippen LogP contribution is -2.44. The SMILES string of the molecule is CCCCCCc1ssc(=S)c1Cc1cc(CN2CCN(C)CC2)c(O)c(CN2CCN(C)CC2)c1. The maximum atomic E-state index is 11.4. The fraction of sp³-hybridized carbons (Fsp3) is 0.679. The monoisotopic (exact) mass is 548 g/mol. The molecule has 2 aromatic rings. The average Bonchev–Trinajstić information content (AvgIpc) is 3.21. The zero-order valence-corrected chi connectivity index (χ0v) is 24.9. The topological polar surface area (TPSA) is 33.2 Å². The molecule has 1 aromatic heterocycles. The maximum Gasteiger partial charge on any atom is 0.124 e. The number of nitrogens with zero attached hydrogens (tertiary/aromatic N) is 4. The quantitative estimate of drug-likeness (QED) is 0.228. The van der Waals surface area contributed by atoms with Gasteiger partial charge in [-0.25, -0.2) is 0 Å². The van der Waals surface area contributed by atoms with E-state index in [2.05, 4.69) is 52.8 Å². The second kappa shape index (κ2) is 13.8. The van der Waals surface area contributed by atoms with Crippen LogP contribution in [-0.4, -0.2) is 91.2 Å². The second-order valence-electron chi connectivity index (χ2n) is 10.8. The second-order valence-corrected chi connectivity index (χ2v) is 13.7. The van der Waals surface area contributed by atoms with Gasteiger partial charge in [-0.2, -0.15) is 0 Å². The molecule has 0 aliphatic carbocycles. The molecular formula is C28H44N4OS3. The van der Waals surface area contributed by atoms with Crippen LogP contribution in [0.15, 0.2) is 12.1 Å². The summed E-state index contributed by atoms with van der Waals surface area (Å²) >= 11 is 5.80. The van der Waals surface area contributed by atoms with Crippen molar-refractivity contribution in [2.24, 2.45) is 0 Å². The molecule has 0 spiro atoms. The molecule has 2 aliphatic heterocycles. The molecule has 5 nitrogen and oxygen atoms in total. The summed E-state index contributed by atoms with van der Waals surface area (Å²) in [6, 6.07) is 4.53. The van der Waals surface area contributed by atoms with Gasteiger partial charge in [0, 0.05) is 87.9 Å². The van der Waals surface area contributed by atoms with E-state index in [1.54, 1.807) is 10.3 Å². The Morgan fingerprint density at radius 2 is 1.36 bits per heavy atom. The van der Waals surface area contributed by atoms with Gasteiger partial charge < -0.3 is 14.9 Å². The summed E-state index contributed by atoms with van der Waals surface area (Å²) in [6.07, 6.45) is 7.16. The summed E-state index contributed by atoms with van der Waals surface area (Å²) in [4.78, 5) is 11.2. The third-order valence-electron chi connectivity index (χ3n) is 7.75. The van der Waals surface area contributed by atoms with Crippen molar-refractivity contribution in [3.63, 3.8) is 0 Å². The molecule has 2 fully saturated rings. The van der Waals surface area contributed by atoms with Gasteiger partial charge in [-0.1, -0.05) is 71.2 Å². The van der Waals surface area contributed by atoms with Crippen LogP contribution in [0, 0.1) is 3.82 Å². The molecule has 0 bridgehead atoms. The van der Waals surface area contributed by atoms with Crippen molar-refractivity contribution in [1.82, 2.24) is 19.6 Å². The summed E-state index contributed by atoms with van der Waals surface area (Å²) in [6.45, 7) is 12.5. The molecule has 0 saturated carbocycles. The molecule has 2 saturated heterocycles. The van der Waals surface area contributed by atoms with Crippen LogP contribution in [0.1, 0.15) is 59.7 Å². The standard InChI is InChI=1S/C28H44N4OS3/c1-4-5-6-7-8-26-25(28(34)36-35-26)19-22-17-23(20-31-13-9-29(2)10-14-31)27(33)24(18-22)21-32-15-11-30(3)12-16-32/h17-18,33H,4-16,19-21H2,1-3H3. The van der Waals surface area contributed by atoms with E-state index < -0.39 is 0 Å². The first-order valence-corrected chi connectivity index (χ1v) is 16.2. The van der Waals surface area contributed by atoms with Gasteiger partial charge in [-0.05, 0) is 38.1 Å². The lowest BCUT2D eigenvalue weighted by Gasteiger charge is -2.34. The van der Waals surface area contributed by atoms with Crippen molar-refractivity contribution < 1.29 is 5.11 Å². The summed E-state index contributed by atoms with van der Waals surface area (Å²) in [5.74, 6) is 0.503.